The SMILES string of the molecule is CC(=O)N1c2ccc(C(=O)NCC(C)O)cc2CC(C)[C@@H]1C1CC1.CN.CNC. The molecule has 1 heterocycles. The third-order valence-electron chi connectivity index (χ3n) is 5.03. The molecule has 3 atom stereocenters. The molecular formula is C22H38N4O3. The minimum atomic E-state index is -0.570. The molecule has 29 heavy (non-hydrogen) atoms. The zero-order valence-corrected chi connectivity index (χ0v) is 18.7. The molecule has 7 nitrogen and oxygen atoms in total. The summed E-state index contributed by atoms with van der Waals surface area (Å²) in [5, 5.41) is 14.8. The third-order valence-corrected chi connectivity index (χ3v) is 5.03. The Hall–Kier alpha value is -1.96. The van der Waals surface area contributed by atoms with Crippen molar-refractivity contribution >= 4 is 17.5 Å². The Morgan fingerprint density at radius 3 is 2.34 bits per heavy atom. The number of nitrogens with two attached hydrogens (primary N) is 1. The highest BCUT2D eigenvalue weighted by atomic mass is 16.3. The summed E-state index contributed by atoms with van der Waals surface area (Å²) >= 11 is 0. The molecule has 0 radical (unpaired) electrons. The first kappa shape index (κ1) is 25.1. The second kappa shape index (κ2) is 11.9. The van der Waals surface area contributed by atoms with Crippen molar-refractivity contribution in [1.82, 2.24) is 10.6 Å². The van der Waals surface area contributed by atoms with Crippen LogP contribution in [0.1, 0.15) is 49.5 Å². The quantitative estimate of drug-likeness (QED) is 0.607. The molecule has 2 amide bonds. The Labute approximate surface area is 175 Å². The number of aliphatic hydroxyl groups excluding tert-OH is 1. The van der Waals surface area contributed by atoms with Crippen molar-refractivity contribution in [2.24, 2.45) is 17.6 Å². The van der Waals surface area contributed by atoms with Gasteiger partial charge in [-0.2, -0.15) is 0 Å². The number of aliphatic hydroxyl groups is 1. The molecule has 1 aliphatic heterocycles. The van der Waals surface area contributed by atoms with Crippen LogP contribution >= 0.6 is 0 Å². The van der Waals surface area contributed by atoms with E-state index in [0.29, 0.717) is 17.4 Å². The van der Waals surface area contributed by atoms with E-state index in [0.717, 1.165) is 17.7 Å². The van der Waals surface area contributed by atoms with Crippen LogP contribution < -0.4 is 21.3 Å². The number of carbonyl (C=O) groups is 2. The van der Waals surface area contributed by atoms with Gasteiger partial charge in [0.25, 0.3) is 5.91 Å². The van der Waals surface area contributed by atoms with Crippen molar-refractivity contribution in [3.63, 3.8) is 0 Å². The fraction of sp³-hybridized carbons (Fsp3) is 0.636. The van der Waals surface area contributed by atoms with Crippen molar-refractivity contribution in [3.05, 3.63) is 29.3 Å². The average Bonchev–Trinajstić information content (AvgIpc) is 3.51. The topological polar surface area (TPSA) is 108 Å². The van der Waals surface area contributed by atoms with Crippen LogP contribution in [0.3, 0.4) is 0 Å². The Bertz CT molecular complexity index is 674. The Kier molecular flexibility index (Phi) is 10.3. The number of amides is 2. The van der Waals surface area contributed by atoms with Crippen molar-refractivity contribution < 1.29 is 14.7 Å². The van der Waals surface area contributed by atoms with Gasteiger partial charge in [-0.25, -0.2) is 0 Å². The first-order valence-electron chi connectivity index (χ1n) is 10.3. The lowest BCUT2D eigenvalue weighted by Crippen LogP contribution is -2.48. The largest absolute Gasteiger partial charge is 0.392 e. The van der Waals surface area contributed by atoms with Crippen molar-refractivity contribution in [1.29, 1.82) is 0 Å². The second-order valence-corrected chi connectivity index (χ2v) is 7.80. The van der Waals surface area contributed by atoms with Crippen LogP contribution in [-0.2, 0) is 11.2 Å². The summed E-state index contributed by atoms with van der Waals surface area (Å²) in [5.74, 6) is 0.895. The van der Waals surface area contributed by atoms with E-state index in [1.165, 1.54) is 19.9 Å². The molecule has 0 saturated heterocycles. The standard InChI is InChI=1S/C19H26N2O3.C2H7N.CH5N/c1-11-8-16-9-15(19(24)20-10-12(2)22)6-7-17(16)21(13(3)23)18(11)14-4-5-14;1-3-2;1-2/h6-7,9,11-12,14,18,22H,4-5,8,10H2,1-3H3,(H,20,24);3H,1-2H3;2H2,1H3/t11?,12?,18-;;/m1../s1. The number of carbonyl (C=O) groups excluding carboxylic acids is 2. The maximum atomic E-state index is 12.3. The molecule has 0 aromatic heterocycles. The Morgan fingerprint density at radius 2 is 1.86 bits per heavy atom. The van der Waals surface area contributed by atoms with Crippen LogP contribution in [0.25, 0.3) is 0 Å². The lowest BCUT2D eigenvalue weighted by molar-refractivity contribution is -0.117. The predicted molar refractivity (Wildman–Crippen MR) is 118 cm³/mol. The summed E-state index contributed by atoms with van der Waals surface area (Å²) in [5.41, 5.74) is 7.08. The van der Waals surface area contributed by atoms with Crippen LogP contribution in [0.5, 0.6) is 0 Å². The van der Waals surface area contributed by atoms with Gasteiger partial charge in [0.05, 0.1) is 6.10 Å². The summed E-state index contributed by atoms with van der Waals surface area (Å²) in [7, 11) is 5.25. The minimum absolute atomic E-state index is 0.0750. The van der Waals surface area contributed by atoms with E-state index in [1.807, 2.05) is 31.1 Å². The molecule has 1 aliphatic carbocycles. The van der Waals surface area contributed by atoms with Crippen molar-refractivity contribution in [2.75, 3.05) is 32.6 Å². The third kappa shape index (κ3) is 6.80. The van der Waals surface area contributed by atoms with Crippen molar-refractivity contribution in [3.8, 4) is 0 Å². The van der Waals surface area contributed by atoms with Crippen LogP contribution in [0.15, 0.2) is 18.2 Å². The molecule has 2 unspecified atom stereocenters. The number of nitrogens with one attached hydrogen (secondary N) is 2. The minimum Gasteiger partial charge on any atom is -0.392 e. The fourth-order valence-corrected chi connectivity index (χ4v) is 3.84. The van der Waals surface area contributed by atoms with Gasteiger partial charge in [-0.1, -0.05) is 6.92 Å². The number of fused-ring (bicyclic) bond motifs is 1. The Morgan fingerprint density at radius 1 is 1.28 bits per heavy atom. The van der Waals surface area contributed by atoms with Crippen LogP contribution in [0.4, 0.5) is 5.69 Å². The van der Waals surface area contributed by atoms with Crippen LogP contribution in [0, 0.1) is 11.8 Å². The molecule has 1 aromatic carbocycles. The van der Waals surface area contributed by atoms with Crippen molar-refractivity contribution in [2.45, 2.75) is 52.2 Å². The second-order valence-electron chi connectivity index (χ2n) is 7.80. The van der Waals surface area contributed by atoms with Crippen LogP contribution in [-0.4, -0.2) is 56.8 Å². The number of nitrogens with zero attached hydrogens (tertiary/aromatic N) is 1. The molecule has 7 heteroatoms. The molecule has 1 aromatic rings. The lowest BCUT2D eigenvalue weighted by atomic mass is 9.83. The van der Waals surface area contributed by atoms with Gasteiger partial charge >= 0.3 is 0 Å². The molecule has 164 valence electrons. The number of anilines is 1. The van der Waals surface area contributed by atoms with Gasteiger partial charge < -0.3 is 26.4 Å². The zero-order valence-electron chi connectivity index (χ0n) is 18.7. The van der Waals surface area contributed by atoms with E-state index < -0.39 is 6.10 Å². The van der Waals surface area contributed by atoms with Gasteiger partial charge in [0.15, 0.2) is 0 Å². The van der Waals surface area contributed by atoms with Gasteiger partial charge in [0.2, 0.25) is 5.91 Å². The average molecular weight is 407 g/mol. The fourth-order valence-electron chi connectivity index (χ4n) is 3.84. The predicted octanol–water partition coefficient (Wildman–Crippen LogP) is 1.53. The molecule has 2 aliphatic rings. The van der Waals surface area contributed by atoms with Gasteiger partial charge in [0, 0.05) is 30.8 Å². The van der Waals surface area contributed by atoms with E-state index in [2.05, 4.69) is 23.3 Å². The van der Waals surface area contributed by atoms with E-state index in [4.69, 9.17) is 0 Å². The van der Waals surface area contributed by atoms with E-state index in [9.17, 15) is 14.7 Å². The molecule has 3 rings (SSSR count). The number of benzene rings is 1. The summed E-state index contributed by atoms with van der Waals surface area (Å²) in [6.07, 6.45) is 2.72. The molecule has 5 N–H and O–H groups in total. The van der Waals surface area contributed by atoms with E-state index in [1.54, 1.807) is 19.9 Å². The van der Waals surface area contributed by atoms with E-state index >= 15 is 0 Å². The highest BCUT2D eigenvalue weighted by molar-refractivity contribution is 5.97. The lowest BCUT2D eigenvalue weighted by Gasteiger charge is -2.41. The maximum Gasteiger partial charge on any atom is 0.251 e. The monoisotopic (exact) mass is 406 g/mol. The Balaban J connectivity index is 0.000000771. The summed E-state index contributed by atoms with van der Waals surface area (Å²) in [6.45, 7) is 5.69. The molecule has 0 spiro atoms. The normalized spacial score (nSPS) is 20.9. The molecule has 1 saturated carbocycles. The zero-order chi connectivity index (χ0) is 22.1. The van der Waals surface area contributed by atoms with Crippen LogP contribution in [0.2, 0.25) is 0 Å². The number of hydrogen-bond donors (Lipinski definition) is 4. The van der Waals surface area contributed by atoms with Gasteiger partial charge in [-0.3, -0.25) is 9.59 Å². The first-order chi connectivity index (χ1) is 13.8. The van der Waals surface area contributed by atoms with Gasteiger partial charge in [-0.15, -0.1) is 0 Å². The smallest absolute Gasteiger partial charge is 0.251 e. The highest BCUT2D eigenvalue weighted by Gasteiger charge is 2.43. The highest BCUT2D eigenvalue weighted by Crippen LogP contribution is 2.45. The molecule has 0 bridgehead atoms. The summed E-state index contributed by atoms with van der Waals surface area (Å²) in [4.78, 5) is 26.4. The molecular weight excluding hydrogens is 368 g/mol. The maximum absolute atomic E-state index is 12.3. The van der Waals surface area contributed by atoms with Gasteiger partial charge in [0.1, 0.15) is 0 Å². The summed E-state index contributed by atoms with van der Waals surface area (Å²) in [6, 6.07) is 5.84. The number of rotatable bonds is 4. The number of hydrogen-bond acceptors (Lipinski definition) is 5. The first-order valence-corrected chi connectivity index (χ1v) is 10.3. The molecule has 1 fully saturated rings. The summed E-state index contributed by atoms with van der Waals surface area (Å²) < 4.78 is 0. The van der Waals surface area contributed by atoms with E-state index in [-0.39, 0.29) is 24.4 Å². The van der Waals surface area contributed by atoms with Gasteiger partial charge in [-0.05, 0) is 82.9 Å².